The van der Waals surface area contributed by atoms with Gasteiger partial charge in [0.05, 0.1) is 11.4 Å². The molecule has 2 aliphatic rings. The van der Waals surface area contributed by atoms with Crippen LogP contribution in [0.15, 0.2) is 10.9 Å². The maximum absolute atomic E-state index is 6.17. The highest BCUT2D eigenvalue weighted by atomic mass is 16.5. The van der Waals surface area contributed by atoms with Crippen molar-refractivity contribution >= 4 is 16.9 Å². The Morgan fingerprint density at radius 2 is 1.81 bits per heavy atom. The molecule has 0 radical (unpaired) electrons. The third kappa shape index (κ3) is 2.66. The van der Waals surface area contributed by atoms with Crippen molar-refractivity contribution in [2.24, 2.45) is 0 Å². The number of hydrogen-bond acceptors (Lipinski definition) is 6. The second-order valence-electron chi connectivity index (χ2n) is 6.98. The first kappa shape index (κ1) is 17.0. The highest BCUT2D eigenvalue weighted by molar-refractivity contribution is 5.98. The summed E-state index contributed by atoms with van der Waals surface area (Å²) in [6.07, 6.45) is 8.60. The second kappa shape index (κ2) is 6.70. The van der Waals surface area contributed by atoms with E-state index in [1.54, 1.807) is 0 Å². The summed E-state index contributed by atoms with van der Waals surface area (Å²) in [7, 11) is 0. The van der Waals surface area contributed by atoms with Crippen molar-refractivity contribution in [1.29, 1.82) is 0 Å². The lowest BCUT2D eigenvalue weighted by atomic mass is 10.1. The molecule has 0 aliphatic heterocycles. The maximum Gasteiger partial charge on any atom is 0.164 e. The first-order chi connectivity index (χ1) is 12.7. The number of rotatable bonds is 3. The van der Waals surface area contributed by atoms with Gasteiger partial charge in [-0.1, -0.05) is 31.8 Å². The number of fused-ring (bicyclic) bond motifs is 1. The van der Waals surface area contributed by atoms with Gasteiger partial charge in [0.15, 0.2) is 5.65 Å². The van der Waals surface area contributed by atoms with Crippen molar-refractivity contribution in [2.45, 2.75) is 71.3 Å². The zero-order valence-corrected chi connectivity index (χ0v) is 15.7. The lowest BCUT2D eigenvalue weighted by Gasteiger charge is -2.09. The Hall–Kier alpha value is -2.44. The Labute approximate surface area is 153 Å². The predicted molar refractivity (Wildman–Crippen MR) is 101 cm³/mol. The fraction of sp³-hybridized carbons (Fsp3) is 0.579. The molecular formula is C19H26N6O. The van der Waals surface area contributed by atoms with Gasteiger partial charge in [0, 0.05) is 11.5 Å². The summed E-state index contributed by atoms with van der Waals surface area (Å²) in [5.41, 5.74) is 9.58. The first-order valence-electron chi connectivity index (χ1n) is 9.69. The molecule has 26 heavy (non-hydrogen) atoms. The summed E-state index contributed by atoms with van der Waals surface area (Å²) >= 11 is 0. The topological polar surface area (TPSA) is 95.7 Å². The van der Waals surface area contributed by atoms with E-state index in [1.165, 1.54) is 32.0 Å². The molecule has 0 atom stereocenters. The number of hydrogen-bond donors (Lipinski definition) is 1. The van der Waals surface area contributed by atoms with E-state index < -0.39 is 0 Å². The molecule has 0 amide bonds. The molecular weight excluding hydrogens is 328 g/mol. The molecule has 2 aliphatic carbocycles. The van der Waals surface area contributed by atoms with E-state index in [0.717, 1.165) is 46.6 Å². The molecule has 5 rings (SSSR count). The number of anilines is 1. The van der Waals surface area contributed by atoms with E-state index in [0.29, 0.717) is 17.8 Å². The molecule has 3 aromatic heterocycles. The van der Waals surface area contributed by atoms with Crippen LogP contribution in [0.4, 0.5) is 5.82 Å². The highest BCUT2D eigenvalue weighted by Gasteiger charge is 2.33. The number of nitrogens with zero attached hydrogens (tertiary/aromatic N) is 5. The molecule has 0 aromatic carbocycles. The van der Waals surface area contributed by atoms with Crippen LogP contribution >= 0.6 is 0 Å². The van der Waals surface area contributed by atoms with Crippen LogP contribution in [0, 0.1) is 6.92 Å². The molecule has 138 valence electrons. The van der Waals surface area contributed by atoms with Crippen molar-refractivity contribution in [3.63, 3.8) is 0 Å². The molecule has 2 fully saturated rings. The quantitative estimate of drug-likeness (QED) is 0.749. The third-order valence-electron chi connectivity index (χ3n) is 5.32. The van der Waals surface area contributed by atoms with Crippen LogP contribution in [0.1, 0.15) is 75.7 Å². The Balaban J connectivity index is 0.000000814. The lowest BCUT2D eigenvalue weighted by Crippen LogP contribution is -2.07. The van der Waals surface area contributed by atoms with Gasteiger partial charge in [-0.25, -0.2) is 14.6 Å². The minimum Gasteiger partial charge on any atom is -0.383 e. The smallest absolute Gasteiger partial charge is 0.164 e. The molecule has 2 N–H and O–H groups in total. The summed E-state index contributed by atoms with van der Waals surface area (Å²) in [5.74, 6) is 1.96. The number of nitrogens with two attached hydrogens (primary N) is 1. The largest absolute Gasteiger partial charge is 0.383 e. The third-order valence-corrected chi connectivity index (χ3v) is 5.32. The SMILES string of the molecule is CC.Cc1c(-c2nn(C3CCCC3)c3ncnc(N)c23)noc1C1CC1. The van der Waals surface area contributed by atoms with Gasteiger partial charge in [-0.2, -0.15) is 5.10 Å². The van der Waals surface area contributed by atoms with Gasteiger partial charge in [0.25, 0.3) is 0 Å². The molecule has 0 saturated heterocycles. The van der Waals surface area contributed by atoms with Gasteiger partial charge < -0.3 is 10.3 Å². The summed E-state index contributed by atoms with van der Waals surface area (Å²) in [6, 6.07) is 0.380. The molecule has 7 nitrogen and oxygen atoms in total. The van der Waals surface area contributed by atoms with Gasteiger partial charge in [-0.15, -0.1) is 0 Å². The number of nitrogen functional groups attached to an aromatic ring is 1. The highest BCUT2D eigenvalue weighted by Crippen LogP contribution is 2.44. The standard InChI is InChI=1S/C17H20N6O.C2H6/c1-9-13(22-24-15(9)10-6-7-10)14-12-16(18)19-8-20-17(12)23(21-14)11-4-2-3-5-11;1-2/h8,10-11H,2-7H2,1H3,(H2,18,19,20);1-2H3. The summed E-state index contributed by atoms with van der Waals surface area (Å²) in [6.45, 7) is 6.06. The average molecular weight is 354 g/mol. The van der Waals surface area contributed by atoms with Crippen LogP contribution in [0.5, 0.6) is 0 Å². The zero-order chi connectivity index (χ0) is 18.3. The molecule has 2 saturated carbocycles. The fourth-order valence-corrected chi connectivity index (χ4v) is 3.86. The zero-order valence-electron chi connectivity index (χ0n) is 15.7. The van der Waals surface area contributed by atoms with Crippen LogP contribution < -0.4 is 5.73 Å². The summed E-state index contributed by atoms with van der Waals surface area (Å²) in [5, 5.41) is 9.98. The van der Waals surface area contributed by atoms with Gasteiger partial charge in [-0.3, -0.25) is 0 Å². The van der Waals surface area contributed by atoms with Gasteiger partial charge in [-0.05, 0) is 32.6 Å². The molecule has 7 heteroatoms. The Morgan fingerprint density at radius 3 is 2.50 bits per heavy atom. The fourth-order valence-electron chi connectivity index (χ4n) is 3.86. The van der Waals surface area contributed by atoms with Crippen molar-refractivity contribution < 1.29 is 4.52 Å². The lowest BCUT2D eigenvalue weighted by molar-refractivity contribution is 0.385. The van der Waals surface area contributed by atoms with Gasteiger partial charge in [0.1, 0.15) is 29.3 Å². The Morgan fingerprint density at radius 1 is 1.08 bits per heavy atom. The monoisotopic (exact) mass is 354 g/mol. The van der Waals surface area contributed by atoms with Crippen molar-refractivity contribution in [1.82, 2.24) is 24.9 Å². The summed E-state index contributed by atoms with van der Waals surface area (Å²) < 4.78 is 7.64. The van der Waals surface area contributed by atoms with Gasteiger partial charge in [0.2, 0.25) is 0 Å². The van der Waals surface area contributed by atoms with E-state index in [4.69, 9.17) is 15.4 Å². The van der Waals surface area contributed by atoms with Crippen LogP contribution in [0.25, 0.3) is 22.4 Å². The van der Waals surface area contributed by atoms with Crippen LogP contribution in [-0.2, 0) is 0 Å². The molecule has 3 aromatic rings. The van der Waals surface area contributed by atoms with Crippen LogP contribution in [0.2, 0.25) is 0 Å². The normalized spacial score (nSPS) is 17.5. The Bertz CT molecular complexity index is 918. The van der Waals surface area contributed by atoms with E-state index >= 15 is 0 Å². The van der Waals surface area contributed by atoms with E-state index in [9.17, 15) is 0 Å². The number of aromatic nitrogens is 5. The van der Waals surface area contributed by atoms with Crippen molar-refractivity contribution in [3.05, 3.63) is 17.7 Å². The average Bonchev–Trinajstić information content (AvgIpc) is 3.07. The maximum atomic E-state index is 6.17. The van der Waals surface area contributed by atoms with Gasteiger partial charge >= 0.3 is 0 Å². The molecule has 3 heterocycles. The predicted octanol–water partition coefficient (Wildman–Crippen LogP) is 4.39. The van der Waals surface area contributed by atoms with E-state index in [-0.39, 0.29) is 0 Å². The minimum absolute atomic E-state index is 0.380. The van der Waals surface area contributed by atoms with E-state index in [1.807, 2.05) is 18.5 Å². The summed E-state index contributed by atoms with van der Waals surface area (Å²) in [4.78, 5) is 8.64. The van der Waals surface area contributed by atoms with Crippen molar-refractivity contribution in [2.75, 3.05) is 5.73 Å². The second-order valence-corrected chi connectivity index (χ2v) is 6.98. The first-order valence-corrected chi connectivity index (χ1v) is 9.69. The van der Waals surface area contributed by atoms with Crippen molar-refractivity contribution in [3.8, 4) is 11.4 Å². The molecule has 0 unspecified atom stereocenters. The molecule has 0 bridgehead atoms. The molecule has 0 spiro atoms. The van der Waals surface area contributed by atoms with Crippen LogP contribution in [-0.4, -0.2) is 24.9 Å². The van der Waals surface area contributed by atoms with Crippen LogP contribution in [0.3, 0.4) is 0 Å². The van der Waals surface area contributed by atoms with E-state index in [2.05, 4.69) is 22.0 Å². The minimum atomic E-state index is 0.380. The Kier molecular flexibility index (Phi) is 4.38.